The second kappa shape index (κ2) is 6.19. The van der Waals surface area contributed by atoms with Crippen LogP contribution in [0.15, 0.2) is 28.7 Å². The average molecular weight is 272 g/mol. The number of nitrogens with zero attached hydrogens (tertiary/aromatic N) is 2. The molecule has 2 rings (SSSR count). The number of hydrogen-bond acceptors (Lipinski definition) is 5. The van der Waals surface area contributed by atoms with Crippen molar-refractivity contribution in [1.29, 1.82) is 5.26 Å². The number of fused-ring (bicyclic) bond motifs is 1. The number of nitrogens with two attached hydrogens (primary N) is 1. The van der Waals surface area contributed by atoms with E-state index >= 15 is 0 Å². The summed E-state index contributed by atoms with van der Waals surface area (Å²) in [5, 5.41) is 9.33. The van der Waals surface area contributed by atoms with Crippen LogP contribution in [0.5, 0.6) is 0 Å². The lowest BCUT2D eigenvalue weighted by Crippen LogP contribution is -2.31. The molecule has 1 amide bonds. The average Bonchev–Trinajstić information content (AvgIpc) is 2.82. The van der Waals surface area contributed by atoms with Crippen LogP contribution >= 0.6 is 0 Å². The summed E-state index contributed by atoms with van der Waals surface area (Å²) in [5.41, 5.74) is 3.25. The number of nitriles is 1. The topological polar surface area (TPSA) is 95.3 Å². The Labute approximate surface area is 116 Å². The van der Waals surface area contributed by atoms with Crippen molar-refractivity contribution in [2.24, 2.45) is 5.84 Å². The van der Waals surface area contributed by atoms with Crippen LogP contribution in [0.4, 0.5) is 0 Å². The maximum atomic E-state index is 11.9. The van der Waals surface area contributed by atoms with E-state index in [0.717, 1.165) is 5.39 Å². The molecule has 0 aliphatic rings. The van der Waals surface area contributed by atoms with Crippen LogP contribution < -0.4 is 11.3 Å². The molecule has 0 aliphatic carbocycles. The molecule has 0 unspecified atom stereocenters. The van der Waals surface area contributed by atoms with Crippen molar-refractivity contribution in [3.05, 3.63) is 35.6 Å². The molecule has 20 heavy (non-hydrogen) atoms. The minimum absolute atomic E-state index is 0.376. The predicted molar refractivity (Wildman–Crippen MR) is 74.4 cm³/mol. The molecule has 0 atom stereocenters. The number of amides is 1. The molecule has 0 saturated carbocycles. The lowest BCUT2D eigenvalue weighted by Gasteiger charge is -2.13. The first kappa shape index (κ1) is 14.1. The first-order valence-electron chi connectivity index (χ1n) is 6.24. The van der Waals surface area contributed by atoms with Crippen LogP contribution in [0.25, 0.3) is 11.0 Å². The molecule has 0 bridgehead atoms. The summed E-state index contributed by atoms with van der Waals surface area (Å²) >= 11 is 0. The van der Waals surface area contributed by atoms with Crippen molar-refractivity contribution in [3.8, 4) is 6.07 Å². The quantitative estimate of drug-likeness (QED) is 0.487. The van der Waals surface area contributed by atoms with Crippen LogP contribution in [-0.4, -0.2) is 24.4 Å². The van der Waals surface area contributed by atoms with Gasteiger partial charge < -0.3 is 4.42 Å². The Morgan fingerprint density at radius 1 is 1.50 bits per heavy atom. The first-order valence-corrected chi connectivity index (χ1v) is 6.24. The number of carbonyl (C=O) groups excluding carboxylic acids is 1. The van der Waals surface area contributed by atoms with Crippen molar-refractivity contribution in [3.63, 3.8) is 0 Å². The molecule has 3 N–H and O–H groups in total. The third-order valence-corrected chi connectivity index (χ3v) is 3.05. The van der Waals surface area contributed by atoms with Gasteiger partial charge in [-0.3, -0.25) is 15.1 Å². The zero-order chi connectivity index (χ0) is 14.5. The normalized spacial score (nSPS) is 10.7. The Morgan fingerprint density at radius 2 is 2.25 bits per heavy atom. The molecule has 1 heterocycles. The number of nitrogens with one attached hydrogen (secondary N) is 1. The highest BCUT2D eigenvalue weighted by Crippen LogP contribution is 2.26. The van der Waals surface area contributed by atoms with Crippen LogP contribution in [-0.2, 0) is 6.54 Å². The van der Waals surface area contributed by atoms with E-state index in [1.165, 1.54) is 0 Å². The number of benzene rings is 1. The number of para-hydroxylation sites is 1. The van der Waals surface area contributed by atoms with Gasteiger partial charge in [-0.2, -0.15) is 5.26 Å². The molecule has 104 valence electrons. The second-order valence-electron chi connectivity index (χ2n) is 4.52. The van der Waals surface area contributed by atoms with Crippen LogP contribution in [0, 0.1) is 11.3 Å². The van der Waals surface area contributed by atoms with E-state index in [9.17, 15) is 4.79 Å². The van der Waals surface area contributed by atoms with Gasteiger partial charge in [0.15, 0.2) is 0 Å². The van der Waals surface area contributed by atoms with Gasteiger partial charge >= 0.3 is 0 Å². The largest absolute Gasteiger partial charge is 0.459 e. The van der Waals surface area contributed by atoms with E-state index in [4.69, 9.17) is 15.5 Å². The standard InChI is InChI=1S/C14H16N4O2/c1-18(8-4-7-15)9-12-13(14(19)17-16)10-5-2-3-6-11(10)20-12/h2-3,5-6H,4,8-9,16H2,1H3,(H,17,19). The van der Waals surface area contributed by atoms with Gasteiger partial charge in [0.1, 0.15) is 11.3 Å². The monoisotopic (exact) mass is 272 g/mol. The molecule has 0 spiro atoms. The van der Waals surface area contributed by atoms with Crippen molar-refractivity contribution in [1.82, 2.24) is 10.3 Å². The van der Waals surface area contributed by atoms with Crippen molar-refractivity contribution >= 4 is 16.9 Å². The Bertz CT molecular complexity index is 657. The van der Waals surface area contributed by atoms with Crippen LogP contribution in [0.3, 0.4) is 0 Å². The van der Waals surface area contributed by atoms with E-state index in [-0.39, 0.29) is 5.91 Å². The summed E-state index contributed by atoms with van der Waals surface area (Å²) in [5.74, 6) is 5.41. The van der Waals surface area contributed by atoms with Gasteiger partial charge in [0.2, 0.25) is 0 Å². The summed E-state index contributed by atoms with van der Waals surface area (Å²) in [6.07, 6.45) is 0.426. The molecular weight excluding hydrogens is 256 g/mol. The van der Waals surface area contributed by atoms with Gasteiger partial charge in [0.25, 0.3) is 5.91 Å². The molecule has 6 heteroatoms. The van der Waals surface area contributed by atoms with Gasteiger partial charge in [0.05, 0.1) is 18.2 Å². The molecule has 1 aromatic heterocycles. The van der Waals surface area contributed by atoms with Gasteiger partial charge in [-0.1, -0.05) is 18.2 Å². The van der Waals surface area contributed by atoms with E-state index < -0.39 is 0 Å². The summed E-state index contributed by atoms with van der Waals surface area (Å²) in [6.45, 7) is 1.05. The zero-order valence-electron chi connectivity index (χ0n) is 11.2. The minimum atomic E-state index is -0.376. The molecule has 0 saturated heterocycles. The number of rotatable bonds is 5. The van der Waals surface area contributed by atoms with Gasteiger partial charge in [-0.15, -0.1) is 0 Å². The number of nitrogen functional groups attached to an aromatic ring is 1. The lowest BCUT2D eigenvalue weighted by atomic mass is 10.1. The van der Waals surface area contributed by atoms with Gasteiger partial charge in [0, 0.05) is 18.4 Å². The van der Waals surface area contributed by atoms with Gasteiger partial charge in [-0.05, 0) is 13.1 Å². The Hall–Kier alpha value is -2.36. The molecule has 2 aromatic rings. The maximum Gasteiger partial charge on any atom is 0.269 e. The van der Waals surface area contributed by atoms with Crippen LogP contribution in [0.2, 0.25) is 0 Å². The first-order chi connectivity index (χ1) is 9.67. The fourth-order valence-electron chi connectivity index (χ4n) is 2.09. The molecule has 0 radical (unpaired) electrons. The van der Waals surface area contributed by atoms with E-state index in [1.54, 1.807) is 6.07 Å². The number of furan rings is 1. The maximum absolute atomic E-state index is 11.9. The molecule has 0 aliphatic heterocycles. The van der Waals surface area contributed by atoms with Crippen molar-refractivity contribution < 1.29 is 9.21 Å². The minimum Gasteiger partial charge on any atom is -0.459 e. The highest BCUT2D eigenvalue weighted by atomic mass is 16.3. The number of hydrazine groups is 1. The highest BCUT2D eigenvalue weighted by molar-refractivity contribution is 6.07. The van der Waals surface area contributed by atoms with E-state index in [0.29, 0.717) is 36.4 Å². The summed E-state index contributed by atoms with van der Waals surface area (Å²) in [7, 11) is 1.87. The van der Waals surface area contributed by atoms with Crippen molar-refractivity contribution in [2.75, 3.05) is 13.6 Å². The number of hydrogen-bond donors (Lipinski definition) is 2. The molecule has 0 fully saturated rings. The Kier molecular flexibility index (Phi) is 4.35. The Morgan fingerprint density at radius 3 is 2.95 bits per heavy atom. The summed E-state index contributed by atoms with van der Waals surface area (Å²) in [4.78, 5) is 13.9. The smallest absolute Gasteiger partial charge is 0.269 e. The van der Waals surface area contributed by atoms with E-state index in [1.807, 2.05) is 30.1 Å². The van der Waals surface area contributed by atoms with Gasteiger partial charge in [-0.25, -0.2) is 5.84 Å². The second-order valence-corrected chi connectivity index (χ2v) is 4.52. The third-order valence-electron chi connectivity index (χ3n) is 3.05. The molecular formula is C14H16N4O2. The fourth-order valence-corrected chi connectivity index (χ4v) is 2.09. The van der Waals surface area contributed by atoms with Crippen molar-refractivity contribution in [2.45, 2.75) is 13.0 Å². The summed E-state index contributed by atoms with van der Waals surface area (Å²) in [6, 6.07) is 9.40. The summed E-state index contributed by atoms with van der Waals surface area (Å²) < 4.78 is 5.73. The lowest BCUT2D eigenvalue weighted by molar-refractivity contribution is 0.0951. The predicted octanol–water partition coefficient (Wildman–Crippen LogP) is 1.38. The SMILES string of the molecule is CN(CCC#N)Cc1oc2ccccc2c1C(=O)NN. The fraction of sp³-hybridized carbons (Fsp3) is 0.286. The molecule has 1 aromatic carbocycles. The number of carbonyl (C=O) groups is 1. The van der Waals surface area contributed by atoms with E-state index in [2.05, 4.69) is 11.5 Å². The Balaban J connectivity index is 2.37. The third kappa shape index (κ3) is 2.79. The van der Waals surface area contributed by atoms with Crippen LogP contribution in [0.1, 0.15) is 22.5 Å². The molecule has 6 nitrogen and oxygen atoms in total. The zero-order valence-corrected chi connectivity index (χ0v) is 11.2. The highest BCUT2D eigenvalue weighted by Gasteiger charge is 2.20.